The van der Waals surface area contributed by atoms with E-state index in [1.54, 1.807) is 12.1 Å². The van der Waals surface area contributed by atoms with E-state index in [-0.39, 0.29) is 11.6 Å². The van der Waals surface area contributed by atoms with Gasteiger partial charge >= 0.3 is 0 Å². The molecule has 0 aliphatic rings. The summed E-state index contributed by atoms with van der Waals surface area (Å²) < 4.78 is 33.7. The van der Waals surface area contributed by atoms with Crippen LogP contribution in [0.3, 0.4) is 0 Å². The summed E-state index contributed by atoms with van der Waals surface area (Å²) in [6.07, 6.45) is 0. The highest BCUT2D eigenvalue weighted by atomic mass is 19.1. The number of rotatable bonds is 5. The minimum absolute atomic E-state index is 0.265. The fraction of sp³-hybridized carbons (Fsp3) is 0. The van der Waals surface area contributed by atoms with E-state index in [0.29, 0.717) is 0 Å². The molecular formula is C42H27F2N3. The summed E-state index contributed by atoms with van der Waals surface area (Å²) in [6, 6.07) is 53.3. The summed E-state index contributed by atoms with van der Waals surface area (Å²) in [6.45, 7) is 0. The molecule has 3 nitrogen and oxygen atoms in total. The molecule has 0 spiro atoms. The third-order valence-corrected chi connectivity index (χ3v) is 8.98. The molecule has 5 heteroatoms. The van der Waals surface area contributed by atoms with Crippen molar-refractivity contribution in [3.05, 3.63) is 175 Å². The molecule has 0 fully saturated rings. The molecule has 9 aromatic rings. The Kier molecular flexibility index (Phi) is 6.18. The first-order chi connectivity index (χ1) is 23.1. The van der Waals surface area contributed by atoms with Crippen LogP contribution in [0.5, 0.6) is 0 Å². The van der Waals surface area contributed by atoms with Crippen molar-refractivity contribution < 1.29 is 8.78 Å². The van der Waals surface area contributed by atoms with Crippen LogP contribution in [0.1, 0.15) is 0 Å². The molecule has 0 radical (unpaired) electrons. The minimum atomic E-state index is -0.273. The summed E-state index contributed by atoms with van der Waals surface area (Å²) >= 11 is 0. The molecule has 0 atom stereocenters. The average molecular weight is 612 g/mol. The molecule has 0 unspecified atom stereocenters. The lowest BCUT2D eigenvalue weighted by Gasteiger charge is -2.26. The maximum Gasteiger partial charge on any atom is 0.123 e. The standard InChI is InChI=1S/C42H27F2N3/c43-28-16-21-39-36(24-28)35-20-18-34(27-42(35)47(39)32-14-8-3-9-15-32)45(30-10-4-1-5-11-30)33-19-23-41-38(26-33)37-25-29(44)17-22-40(37)46(41)31-12-6-2-7-13-31/h1-27H. The number of hydrogen-bond donors (Lipinski definition) is 0. The van der Waals surface area contributed by atoms with Crippen LogP contribution >= 0.6 is 0 Å². The van der Waals surface area contributed by atoms with Gasteiger partial charge in [0, 0.05) is 50.0 Å². The Morgan fingerprint density at radius 2 is 0.787 bits per heavy atom. The quantitative estimate of drug-likeness (QED) is 0.189. The Morgan fingerprint density at radius 3 is 1.38 bits per heavy atom. The van der Waals surface area contributed by atoms with Gasteiger partial charge in [0.05, 0.1) is 22.1 Å². The van der Waals surface area contributed by atoms with Crippen LogP contribution in [0.4, 0.5) is 25.8 Å². The lowest BCUT2D eigenvalue weighted by atomic mass is 10.1. The molecule has 47 heavy (non-hydrogen) atoms. The highest BCUT2D eigenvalue weighted by Gasteiger charge is 2.20. The van der Waals surface area contributed by atoms with Crippen LogP contribution in [-0.4, -0.2) is 9.13 Å². The zero-order valence-electron chi connectivity index (χ0n) is 25.2. The number of aromatic nitrogens is 2. The Hall–Kier alpha value is -6.20. The second-order valence-corrected chi connectivity index (χ2v) is 11.7. The molecule has 2 aromatic heterocycles. The molecule has 7 aromatic carbocycles. The molecule has 0 aliphatic heterocycles. The van der Waals surface area contributed by atoms with Crippen molar-refractivity contribution in [1.82, 2.24) is 9.13 Å². The number of fused-ring (bicyclic) bond motifs is 6. The van der Waals surface area contributed by atoms with Gasteiger partial charge in [-0.3, -0.25) is 0 Å². The first-order valence-electron chi connectivity index (χ1n) is 15.6. The second-order valence-electron chi connectivity index (χ2n) is 11.7. The van der Waals surface area contributed by atoms with E-state index in [2.05, 4.69) is 86.8 Å². The van der Waals surface area contributed by atoms with Gasteiger partial charge < -0.3 is 14.0 Å². The van der Waals surface area contributed by atoms with Gasteiger partial charge in [-0.25, -0.2) is 8.78 Å². The third-order valence-electron chi connectivity index (χ3n) is 8.98. The van der Waals surface area contributed by atoms with Crippen LogP contribution in [0.15, 0.2) is 164 Å². The predicted octanol–water partition coefficient (Wildman–Crippen LogP) is 11.6. The van der Waals surface area contributed by atoms with E-state index in [9.17, 15) is 8.78 Å². The topological polar surface area (TPSA) is 13.1 Å². The van der Waals surface area contributed by atoms with Gasteiger partial charge in [-0.2, -0.15) is 0 Å². The predicted molar refractivity (Wildman–Crippen MR) is 190 cm³/mol. The van der Waals surface area contributed by atoms with Crippen LogP contribution in [0.2, 0.25) is 0 Å². The summed E-state index contributed by atoms with van der Waals surface area (Å²) in [5.41, 5.74) is 8.73. The van der Waals surface area contributed by atoms with E-state index in [4.69, 9.17) is 0 Å². The molecule has 9 rings (SSSR count). The van der Waals surface area contributed by atoms with E-state index in [1.165, 1.54) is 12.1 Å². The monoisotopic (exact) mass is 611 g/mol. The minimum Gasteiger partial charge on any atom is -0.310 e. The SMILES string of the molecule is Fc1ccc2c(c1)c1cc(N(c3ccccc3)c3ccc4c5cc(F)ccc5n(-c5ccccc5)c4c3)ccc1n2-c1ccccc1. The number of benzene rings is 7. The van der Waals surface area contributed by atoms with E-state index in [0.717, 1.165) is 72.0 Å². The van der Waals surface area contributed by atoms with E-state index < -0.39 is 0 Å². The second kappa shape index (κ2) is 10.7. The summed E-state index contributed by atoms with van der Waals surface area (Å²) in [4.78, 5) is 2.22. The summed E-state index contributed by atoms with van der Waals surface area (Å²) in [7, 11) is 0. The van der Waals surface area contributed by atoms with Crippen molar-refractivity contribution in [3.63, 3.8) is 0 Å². The Balaban J connectivity index is 1.31. The smallest absolute Gasteiger partial charge is 0.123 e. The van der Waals surface area contributed by atoms with Gasteiger partial charge in [-0.15, -0.1) is 0 Å². The molecule has 2 heterocycles. The highest BCUT2D eigenvalue weighted by molar-refractivity contribution is 6.12. The zero-order valence-corrected chi connectivity index (χ0v) is 25.2. The van der Waals surface area contributed by atoms with Crippen LogP contribution in [-0.2, 0) is 0 Å². The van der Waals surface area contributed by atoms with Crippen molar-refractivity contribution in [2.45, 2.75) is 0 Å². The van der Waals surface area contributed by atoms with Gasteiger partial charge in [-0.05, 0) is 103 Å². The summed E-state index contributed by atoms with van der Waals surface area (Å²) in [5, 5.41) is 3.63. The molecule has 0 aliphatic carbocycles. The lowest BCUT2D eigenvalue weighted by molar-refractivity contribution is 0.629. The number of hydrogen-bond acceptors (Lipinski definition) is 1. The van der Waals surface area contributed by atoms with Crippen molar-refractivity contribution >= 4 is 60.7 Å². The van der Waals surface area contributed by atoms with Crippen LogP contribution in [0.25, 0.3) is 55.0 Å². The maximum absolute atomic E-state index is 14.8. The molecular weight excluding hydrogens is 584 g/mol. The molecule has 0 saturated carbocycles. The molecule has 224 valence electrons. The number of halogens is 2. The largest absolute Gasteiger partial charge is 0.310 e. The Bertz CT molecular complexity index is 2590. The normalized spacial score (nSPS) is 11.6. The van der Waals surface area contributed by atoms with Crippen molar-refractivity contribution in [1.29, 1.82) is 0 Å². The first-order valence-corrected chi connectivity index (χ1v) is 15.6. The van der Waals surface area contributed by atoms with Gasteiger partial charge in [0.1, 0.15) is 11.6 Å². The Morgan fingerprint density at radius 1 is 0.340 bits per heavy atom. The average Bonchev–Trinajstić information content (AvgIpc) is 3.61. The van der Waals surface area contributed by atoms with Gasteiger partial charge in [0.15, 0.2) is 0 Å². The van der Waals surface area contributed by atoms with Crippen molar-refractivity contribution in [2.24, 2.45) is 0 Å². The highest BCUT2D eigenvalue weighted by Crippen LogP contribution is 2.42. The van der Waals surface area contributed by atoms with Gasteiger partial charge in [-0.1, -0.05) is 60.7 Å². The van der Waals surface area contributed by atoms with Gasteiger partial charge in [0.2, 0.25) is 0 Å². The van der Waals surface area contributed by atoms with Crippen LogP contribution in [0, 0.1) is 11.6 Å². The molecule has 0 saturated heterocycles. The molecule has 0 amide bonds. The lowest BCUT2D eigenvalue weighted by Crippen LogP contribution is -2.10. The molecule has 0 N–H and O–H groups in total. The number of anilines is 3. The Labute approximate surface area is 269 Å². The molecule has 0 bridgehead atoms. The van der Waals surface area contributed by atoms with E-state index >= 15 is 0 Å². The van der Waals surface area contributed by atoms with Crippen LogP contribution < -0.4 is 4.90 Å². The van der Waals surface area contributed by atoms with Crippen molar-refractivity contribution in [2.75, 3.05) is 4.90 Å². The third kappa shape index (κ3) is 4.39. The van der Waals surface area contributed by atoms with Crippen molar-refractivity contribution in [3.8, 4) is 11.4 Å². The van der Waals surface area contributed by atoms with Gasteiger partial charge in [0.25, 0.3) is 0 Å². The number of para-hydroxylation sites is 3. The zero-order chi connectivity index (χ0) is 31.5. The maximum atomic E-state index is 14.8. The fourth-order valence-corrected chi connectivity index (χ4v) is 6.98. The van der Waals surface area contributed by atoms with E-state index in [1.807, 2.05) is 66.7 Å². The summed E-state index contributed by atoms with van der Waals surface area (Å²) in [5.74, 6) is -0.537. The number of nitrogens with zero attached hydrogens (tertiary/aromatic N) is 3. The first kappa shape index (κ1) is 27.1. The fourth-order valence-electron chi connectivity index (χ4n) is 6.98.